The third kappa shape index (κ3) is 3.42. The van der Waals surface area contributed by atoms with Gasteiger partial charge in [-0.15, -0.1) is 0 Å². The van der Waals surface area contributed by atoms with E-state index in [1.54, 1.807) is 0 Å². The Morgan fingerprint density at radius 1 is 1.19 bits per heavy atom. The number of aliphatic hydroxyl groups is 1. The Labute approximate surface area is 98.6 Å². The van der Waals surface area contributed by atoms with Gasteiger partial charge in [0.2, 0.25) is 0 Å². The lowest BCUT2D eigenvalue weighted by Crippen LogP contribution is -2.51. The standard InChI is InChI=1S/C12H25N3O/c1-11(10-14-8-4-13-5-9-14)15-6-2-12(16)3-7-15/h11-13,16H,2-10H2,1H3. The van der Waals surface area contributed by atoms with Crippen LogP contribution in [0.2, 0.25) is 0 Å². The minimum absolute atomic E-state index is 0.0531. The molecule has 4 nitrogen and oxygen atoms in total. The maximum Gasteiger partial charge on any atom is 0.0564 e. The predicted octanol–water partition coefficient (Wildman–Crippen LogP) is -0.263. The van der Waals surface area contributed by atoms with Crippen molar-refractivity contribution in [1.82, 2.24) is 15.1 Å². The highest BCUT2D eigenvalue weighted by Gasteiger charge is 2.23. The number of hydrogen-bond donors (Lipinski definition) is 2. The lowest BCUT2D eigenvalue weighted by Gasteiger charge is -2.38. The number of nitrogens with one attached hydrogen (secondary N) is 1. The van der Waals surface area contributed by atoms with Gasteiger partial charge in [-0.2, -0.15) is 0 Å². The van der Waals surface area contributed by atoms with Crippen LogP contribution in [0, 0.1) is 0 Å². The fraction of sp³-hybridized carbons (Fsp3) is 1.00. The van der Waals surface area contributed by atoms with E-state index in [1.165, 1.54) is 19.6 Å². The number of piperazine rings is 1. The summed E-state index contributed by atoms with van der Waals surface area (Å²) in [6.07, 6.45) is 1.85. The summed E-state index contributed by atoms with van der Waals surface area (Å²) in [7, 11) is 0. The molecule has 2 N–H and O–H groups in total. The molecule has 2 aliphatic heterocycles. The molecule has 1 unspecified atom stereocenters. The molecule has 0 spiro atoms. The third-order valence-electron chi connectivity index (χ3n) is 3.85. The van der Waals surface area contributed by atoms with Crippen LogP contribution in [0.4, 0.5) is 0 Å². The van der Waals surface area contributed by atoms with Gasteiger partial charge >= 0.3 is 0 Å². The number of rotatable bonds is 3. The molecule has 0 aromatic rings. The van der Waals surface area contributed by atoms with E-state index >= 15 is 0 Å². The molecule has 1 atom stereocenters. The molecule has 2 saturated heterocycles. The van der Waals surface area contributed by atoms with E-state index in [2.05, 4.69) is 22.0 Å². The van der Waals surface area contributed by atoms with Crippen LogP contribution in [0.15, 0.2) is 0 Å². The van der Waals surface area contributed by atoms with E-state index in [4.69, 9.17) is 0 Å². The number of nitrogens with zero attached hydrogens (tertiary/aromatic N) is 2. The van der Waals surface area contributed by atoms with E-state index in [9.17, 15) is 5.11 Å². The highest BCUT2D eigenvalue weighted by atomic mass is 16.3. The molecule has 0 aliphatic carbocycles. The first-order chi connectivity index (χ1) is 7.75. The summed E-state index contributed by atoms with van der Waals surface area (Å²) in [5, 5.41) is 12.9. The van der Waals surface area contributed by atoms with Gasteiger partial charge in [0.25, 0.3) is 0 Å². The number of hydrogen-bond acceptors (Lipinski definition) is 4. The van der Waals surface area contributed by atoms with Crippen molar-refractivity contribution in [3.63, 3.8) is 0 Å². The molecular formula is C12H25N3O. The summed E-state index contributed by atoms with van der Waals surface area (Å²) in [6.45, 7) is 10.2. The zero-order valence-electron chi connectivity index (χ0n) is 10.4. The van der Waals surface area contributed by atoms with Crippen molar-refractivity contribution in [2.45, 2.75) is 31.9 Å². The quantitative estimate of drug-likeness (QED) is 0.697. The summed E-state index contributed by atoms with van der Waals surface area (Å²) < 4.78 is 0. The maximum atomic E-state index is 9.48. The minimum Gasteiger partial charge on any atom is -0.393 e. The van der Waals surface area contributed by atoms with Gasteiger partial charge in [0, 0.05) is 51.9 Å². The fourth-order valence-electron chi connectivity index (χ4n) is 2.71. The van der Waals surface area contributed by atoms with Crippen LogP contribution in [0.3, 0.4) is 0 Å². The molecule has 2 rings (SSSR count). The highest BCUT2D eigenvalue weighted by Crippen LogP contribution is 2.13. The Kier molecular flexibility index (Phi) is 4.58. The Hall–Kier alpha value is -0.160. The van der Waals surface area contributed by atoms with Gasteiger partial charge in [0.15, 0.2) is 0 Å². The van der Waals surface area contributed by atoms with E-state index in [1.807, 2.05) is 0 Å². The SMILES string of the molecule is CC(CN1CCNCC1)N1CCC(O)CC1. The molecule has 2 fully saturated rings. The smallest absolute Gasteiger partial charge is 0.0564 e. The van der Waals surface area contributed by atoms with Crippen LogP contribution in [0.5, 0.6) is 0 Å². The zero-order chi connectivity index (χ0) is 11.4. The molecule has 0 amide bonds. The molecule has 2 aliphatic rings. The summed E-state index contributed by atoms with van der Waals surface area (Å²) in [4.78, 5) is 5.07. The number of piperidine rings is 1. The number of likely N-dealkylation sites (tertiary alicyclic amines) is 1. The second kappa shape index (κ2) is 5.96. The molecule has 4 heteroatoms. The molecule has 0 saturated carbocycles. The maximum absolute atomic E-state index is 9.48. The Morgan fingerprint density at radius 2 is 1.81 bits per heavy atom. The average molecular weight is 227 g/mol. The van der Waals surface area contributed by atoms with Gasteiger partial charge in [-0.25, -0.2) is 0 Å². The van der Waals surface area contributed by atoms with Crippen molar-refractivity contribution >= 4 is 0 Å². The second-order valence-electron chi connectivity index (χ2n) is 5.17. The Balaban J connectivity index is 1.72. The molecule has 2 heterocycles. The first-order valence-corrected chi connectivity index (χ1v) is 6.61. The second-order valence-corrected chi connectivity index (χ2v) is 5.17. The van der Waals surface area contributed by atoms with Crippen molar-refractivity contribution in [2.24, 2.45) is 0 Å². The topological polar surface area (TPSA) is 38.7 Å². The average Bonchev–Trinajstić information content (AvgIpc) is 2.31. The molecule has 0 aromatic carbocycles. The van der Waals surface area contributed by atoms with Gasteiger partial charge in [0.1, 0.15) is 0 Å². The molecule has 16 heavy (non-hydrogen) atoms. The van der Waals surface area contributed by atoms with Crippen molar-refractivity contribution < 1.29 is 5.11 Å². The van der Waals surface area contributed by atoms with Crippen LogP contribution in [0.1, 0.15) is 19.8 Å². The van der Waals surface area contributed by atoms with Crippen molar-refractivity contribution in [2.75, 3.05) is 45.8 Å². The molecule has 0 bridgehead atoms. The summed E-state index contributed by atoms with van der Waals surface area (Å²) in [5.74, 6) is 0. The van der Waals surface area contributed by atoms with Gasteiger partial charge in [-0.1, -0.05) is 0 Å². The number of aliphatic hydroxyl groups excluding tert-OH is 1. The van der Waals surface area contributed by atoms with Crippen molar-refractivity contribution in [3.8, 4) is 0 Å². The Bertz CT molecular complexity index is 198. The van der Waals surface area contributed by atoms with E-state index in [0.717, 1.165) is 39.0 Å². The van der Waals surface area contributed by atoms with Gasteiger partial charge in [-0.05, 0) is 19.8 Å². The van der Waals surface area contributed by atoms with E-state index in [0.29, 0.717) is 6.04 Å². The largest absolute Gasteiger partial charge is 0.393 e. The van der Waals surface area contributed by atoms with Crippen LogP contribution in [-0.2, 0) is 0 Å². The third-order valence-corrected chi connectivity index (χ3v) is 3.85. The molecule has 0 aromatic heterocycles. The van der Waals surface area contributed by atoms with Gasteiger partial charge < -0.3 is 10.4 Å². The van der Waals surface area contributed by atoms with Gasteiger partial charge in [0.05, 0.1) is 6.10 Å². The fourth-order valence-corrected chi connectivity index (χ4v) is 2.71. The van der Waals surface area contributed by atoms with Crippen molar-refractivity contribution in [1.29, 1.82) is 0 Å². The summed E-state index contributed by atoms with van der Waals surface area (Å²) in [6, 6.07) is 0.630. The predicted molar refractivity (Wildman–Crippen MR) is 65.6 cm³/mol. The van der Waals surface area contributed by atoms with E-state index in [-0.39, 0.29) is 6.10 Å². The summed E-state index contributed by atoms with van der Waals surface area (Å²) >= 11 is 0. The molecule has 94 valence electrons. The Morgan fingerprint density at radius 3 is 2.44 bits per heavy atom. The first kappa shape index (κ1) is 12.3. The lowest BCUT2D eigenvalue weighted by atomic mass is 10.1. The van der Waals surface area contributed by atoms with Crippen LogP contribution >= 0.6 is 0 Å². The normalized spacial score (nSPS) is 28.1. The minimum atomic E-state index is -0.0531. The van der Waals surface area contributed by atoms with E-state index < -0.39 is 0 Å². The van der Waals surface area contributed by atoms with Crippen LogP contribution in [-0.4, -0.2) is 72.9 Å². The summed E-state index contributed by atoms with van der Waals surface area (Å²) in [5.41, 5.74) is 0. The molecule has 0 radical (unpaired) electrons. The molecular weight excluding hydrogens is 202 g/mol. The van der Waals surface area contributed by atoms with Crippen LogP contribution < -0.4 is 5.32 Å². The first-order valence-electron chi connectivity index (χ1n) is 6.61. The zero-order valence-corrected chi connectivity index (χ0v) is 10.4. The lowest BCUT2D eigenvalue weighted by molar-refractivity contribution is 0.0524. The monoisotopic (exact) mass is 227 g/mol. The van der Waals surface area contributed by atoms with Crippen LogP contribution in [0.25, 0.3) is 0 Å². The highest BCUT2D eigenvalue weighted by molar-refractivity contribution is 4.79. The van der Waals surface area contributed by atoms with Crippen molar-refractivity contribution in [3.05, 3.63) is 0 Å². The van der Waals surface area contributed by atoms with Gasteiger partial charge in [-0.3, -0.25) is 9.80 Å².